The van der Waals surface area contributed by atoms with Crippen LogP contribution in [0.3, 0.4) is 0 Å². The average Bonchev–Trinajstić information content (AvgIpc) is 2.32. The van der Waals surface area contributed by atoms with Crippen LogP contribution in [0.15, 0.2) is 0 Å². The van der Waals surface area contributed by atoms with E-state index in [9.17, 15) is 18.0 Å². The van der Waals surface area contributed by atoms with Gasteiger partial charge in [-0.2, -0.15) is 0 Å². The summed E-state index contributed by atoms with van der Waals surface area (Å²) in [5, 5.41) is -0.633. The predicted molar refractivity (Wildman–Crippen MR) is 43.8 cm³/mol. The summed E-state index contributed by atoms with van der Waals surface area (Å²) in [6.45, 7) is 0. The van der Waals surface area contributed by atoms with E-state index in [1.165, 1.54) is 0 Å². The smallest absolute Gasteiger partial charge is 0.318 e. The van der Waals surface area contributed by atoms with Gasteiger partial charge in [0, 0.05) is 0 Å². The second-order valence-corrected chi connectivity index (χ2v) is 6.35. The van der Waals surface area contributed by atoms with Crippen LogP contribution in [-0.4, -0.2) is 31.4 Å². The van der Waals surface area contributed by atoms with Gasteiger partial charge in [-0.3, -0.25) is 9.59 Å². The largest absolute Gasteiger partial charge is 0.393 e. The number of hydrogen-bond donors (Lipinski definition) is 0. The molecule has 0 aromatic carbocycles. The number of rotatable bonds is 0. The first-order valence-electron chi connectivity index (χ1n) is 4.49. The Balaban J connectivity index is 2.05. The zero-order chi connectivity index (χ0) is 10.1. The van der Waals surface area contributed by atoms with E-state index >= 15 is 0 Å². The molecule has 1 saturated carbocycles. The van der Waals surface area contributed by atoms with E-state index in [0.29, 0.717) is 6.42 Å². The zero-order valence-corrected chi connectivity index (χ0v) is 7.99. The van der Waals surface area contributed by atoms with Crippen molar-refractivity contribution in [2.75, 3.05) is 5.75 Å². The van der Waals surface area contributed by atoms with Gasteiger partial charge in [0.25, 0.3) is 0 Å². The minimum absolute atomic E-state index is 0.107. The van der Waals surface area contributed by atoms with Gasteiger partial charge < -0.3 is 4.74 Å². The molecule has 0 radical (unpaired) electrons. The summed E-state index contributed by atoms with van der Waals surface area (Å²) in [4.78, 5) is 22.3. The Kier molecular flexibility index (Phi) is 1.31. The number of ether oxygens (including phenoxy) is 1. The lowest BCUT2D eigenvalue weighted by Gasteiger charge is -2.37. The molecule has 2 saturated heterocycles. The maximum atomic E-state index is 11.5. The summed E-state index contributed by atoms with van der Waals surface area (Å²) in [6, 6.07) is 0. The highest BCUT2D eigenvalue weighted by atomic mass is 32.2. The monoisotopic (exact) mass is 216 g/mol. The summed E-state index contributed by atoms with van der Waals surface area (Å²) in [6.07, 6.45) is 0.497. The molecule has 0 spiro atoms. The summed E-state index contributed by atoms with van der Waals surface area (Å²) in [7, 11) is -3.15. The van der Waals surface area contributed by atoms with Gasteiger partial charge in [0.2, 0.25) is 0 Å². The van der Waals surface area contributed by atoms with E-state index < -0.39 is 38.9 Å². The molecule has 3 fully saturated rings. The maximum Gasteiger partial charge on any atom is 0.318 e. The van der Waals surface area contributed by atoms with Gasteiger partial charge >= 0.3 is 11.9 Å². The van der Waals surface area contributed by atoms with Gasteiger partial charge in [0.1, 0.15) is 0 Å². The molecule has 1 aliphatic carbocycles. The molecule has 6 heteroatoms. The van der Waals surface area contributed by atoms with Crippen molar-refractivity contribution in [3.05, 3.63) is 0 Å². The molecule has 0 aromatic heterocycles. The predicted octanol–water partition coefficient (Wildman–Crippen LogP) is -0.881. The molecule has 14 heavy (non-hydrogen) atoms. The Bertz CT molecular complexity index is 437. The Labute approximate surface area is 80.3 Å². The lowest BCUT2D eigenvalue weighted by Crippen LogP contribution is -2.52. The number of fused-ring (bicyclic) bond motifs is 4. The van der Waals surface area contributed by atoms with Crippen molar-refractivity contribution in [2.45, 2.75) is 11.7 Å². The van der Waals surface area contributed by atoms with Crippen molar-refractivity contribution in [1.82, 2.24) is 0 Å². The molecule has 5 nitrogen and oxygen atoms in total. The van der Waals surface area contributed by atoms with Gasteiger partial charge in [-0.1, -0.05) is 0 Å². The van der Waals surface area contributed by atoms with Gasteiger partial charge in [0.05, 0.1) is 22.8 Å². The second-order valence-electron chi connectivity index (χ2n) is 4.08. The van der Waals surface area contributed by atoms with Gasteiger partial charge in [-0.15, -0.1) is 0 Å². The summed E-state index contributed by atoms with van der Waals surface area (Å²) >= 11 is 0. The molecule has 4 unspecified atom stereocenters. The Morgan fingerprint density at radius 1 is 1.14 bits per heavy atom. The Hall–Kier alpha value is -0.910. The molecule has 3 rings (SSSR count). The van der Waals surface area contributed by atoms with Crippen LogP contribution in [0, 0.1) is 17.8 Å². The van der Waals surface area contributed by atoms with Crippen LogP contribution in [-0.2, 0) is 24.2 Å². The highest BCUT2D eigenvalue weighted by molar-refractivity contribution is 7.92. The highest BCUT2D eigenvalue weighted by Gasteiger charge is 2.69. The molecular formula is C8H8O5S. The first-order chi connectivity index (χ1) is 6.52. The van der Waals surface area contributed by atoms with E-state index in [1.54, 1.807) is 0 Å². The number of cyclic esters (lactones) is 2. The van der Waals surface area contributed by atoms with Crippen molar-refractivity contribution in [1.29, 1.82) is 0 Å². The lowest BCUT2D eigenvalue weighted by molar-refractivity contribution is -0.153. The molecule has 0 amide bonds. The standard InChI is InChI=1S/C8H8O5S/c9-7-4-3-1-2-14(11,12)6(3)5(4)8(10)13-7/h3-6H,1-2H2. The molecule has 3 aliphatic rings. The minimum atomic E-state index is -3.15. The van der Waals surface area contributed by atoms with Crippen molar-refractivity contribution in [3.63, 3.8) is 0 Å². The first-order valence-corrected chi connectivity index (χ1v) is 6.21. The highest BCUT2D eigenvalue weighted by Crippen LogP contribution is 2.55. The molecular weight excluding hydrogens is 208 g/mol. The molecule has 76 valence electrons. The third kappa shape index (κ3) is 0.739. The lowest BCUT2D eigenvalue weighted by atomic mass is 9.65. The van der Waals surface area contributed by atoms with Gasteiger partial charge in [-0.25, -0.2) is 8.42 Å². The van der Waals surface area contributed by atoms with E-state index in [4.69, 9.17) is 0 Å². The van der Waals surface area contributed by atoms with E-state index in [1.807, 2.05) is 0 Å². The van der Waals surface area contributed by atoms with Crippen LogP contribution in [0.1, 0.15) is 6.42 Å². The summed E-state index contributed by atoms with van der Waals surface area (Å²) < 4.78 is 27.4. The van der Waals surface area contributed by atoms with E-state index in [0.717, 1.165) is 0 Å². The number of esters is 2. The summed E-state index contributed by atoms with van der Waals surface area (Å²) in [5.41, 5.74) is 0. The fourth-order valence-corrected chi connectivity index (χ4v) is 5.34. The molecule has 4 atom stereocenters. The SMILES string of the molecule is O=C1OC(=O)C2C1C1CCS(=O)(=O)C12. The molecule has 0 bridgehead atoms. The van der Waals surface area contributed by atoms with Crippen LogP contribution in [0.25, 0.3) is 0 Å². The van der Waals surface area contributed by atoms with Crippen LogP contribution < -0.4 is 0 Å². The van der Waals surface area contributed by atoms with E-state index in [-0.39, 0.29) is 11.7 Å². The number of sulfone groups is 1. The second kappa shape index (κ2) is 2.18. The third-order valence-electron chi connectivity index (χ3n) is 3.52. The van der Waals surface area contributed by atoms with Gasteiger partial charge in [0.15, 0.2) is 9.84 Å². The molecule has 2 heterocycles. The van der Waals surface area contributed by atoms with Crippen LogP contribution in [0.4, 0.5) is 0 Å². The Morgan fingerprint density at radius 2 is 1.79 bits per heavy atom. The number of carbonyl (C=O) groups excluding carboxylic acids is 2. The van der Waals surface area contributed by atoms with Crippen molar-refractivity contribution in [3.8, 4) is 0 Å². The molecule has 0 aromatic rings. The molecule has 2 aliphatic heterocycles. The van der Waals surface area contributed by atoms with Crippen LogP contribution in [0.5, 0.6) is 0 Å². The zero-order valence-electron chi connectivity index (χ0n) is 7.17. The topological polar surface area (TPSA) is 77.5 Å². The van der Waals surface area contributed by atoms with Crippen molar-refractivity contribution >= 4 is 21.8 Å². The first kappa shape index (κ1) is 8.40. The normalized spacial score (nSPS) is 48.0. The van der Waals surface area contributed by atoms with Crippen molar-refractivity contribution in [2.24, 2.45) is 17.8 Å². The molecule has 0 N–H and O–H groups in total. The fraction of sp³-hybridized carbons (Fsp3) is 0.750. The third-order valence-corrected chi connectivity index (χ3v) is 5.80. The quantitative estimate of drug-likeness (QED) is 0.388. The van der Waals surface area contributed by atoms with Crippen LogP contribution >= 0.6 is 0 Å². The summed E-state index contributed by atoms with van der Waals surface area (Å²) in [5.74, 6) is -2.39. The Morgan fingerprint density at radius 3 is 2.50 bits per heavy atom. The average molecular weight is 216 g/mol. The number of carbonyl (C=O) groups is 2. The maximum absolute atomic E-state index is 11.5. The van der Waals surface area contributed by atoms with Crippen molar-refractivity contribution < 1.29 is 22.7 Å². The minimum Gasteiger partial charge on any atom is -0.393 e. The fourth-order valence-electron chi connectivity index (χ4n) is 2.90. The van der Waals surface area contributed by atoms with Crippen LogP contribution in [0.2, 0.25) is 0 Å². The van der Waals surface area contributed by atoms with Gasteiger partial charge in [-0.05, 0) is 12.3 Å². The van der Waals surface area contributed by atoms with E-state index in [2.05, 4.69) is 4.74 Å². The number of hydrogen-bond acceptors (Lipinski definition) is 5.